The summed E-state index contributed by atoms with van der Waals surface area (Å²) in [6, 6.07) is 3.44. The standard InChI is InChI=1S/C14H15O5.3C4H9.Sn/c1-4-17-13(15)10(3)9-11(14(16)18-5-2)12-7-6-8-19-12;3*1-3-4-2;/h3,6-9H,4-5H2,1-2H3;3*1,3-4H2,2H3;/b10-3?,11-9+;;;;. The summed E-state index contributed by atoms with van der Waals surface area (Å²) in [5, 5.41) is 0. The molecule has 0 unspecified atom stereocenters. The van der Waals surface area contributed by atoms with Crippen molar-refractivity contribution in [1.82, 2.24) is 0 Å². The number of carbonyl (C=O) groups excluding carboxylic acids is 2. The molecule has 180 valence electrons. The van der Waals surface area contributed by atoms with Gasteiger partial charge in [0.2, 0.25) is 0 Å². The van der Waals surface area contributed by atoms with E-state index in [9.17, 15) is 9.59 Å². The molecule has 1 aromatic heterocycles. The van der Waals surface area contributed by atoms with E-state index in [1.807, 2.05) is 0 Å². The third-order valence-corrected chi connectivity index (χ3v) is 19.8. The molecule has 0 saturated carbocycles. The fourth-order valence-corrected chi connectivity index (χ4v) is 18.8. The Kier molecular flexibility index (Phi) is 14.4. The molecule has 32 heavy (non-hydrogen) atoms. The average molecular weight is 553 g/mol. The van der Waals surface area contributed by atoms with Crippen molar-refractivity contribution in [3.8, 4) is 0 Å². The molecule has 0 aliphatic rings. The monoisotopic (exact) mass is 554 g/mol. The first-order chi connectivity index (χ1) is 15.5. The van der Waals surface area contributed by atoms with E-state index in [0.29, 0.717) is 17.9 Å². The van der Waals surface area contributed by atoms with Gasteiger partial charge in [0.25, 0.3) is 0 Å². The second-order valence-electron chi connectivity index (χ2n) is 8.25. The van der Waals surface area contributed by atoms with Crippen molar-refractivity contribution in [1.29, 1.82) is 0 Å². The predicted molar refractivity (Wildman–Crippen MR) is 133 cm³/mol. The molecule has 1 aromatic rings. The normalized spacial score (nSPS) is 12.7. The van der Waals surface area contributed by atoms with Crippen LogP contribution in [0.5, 0.6) is 0 Å². The van der Waals surface area contributed by atoms with Crippen molar-refractivity contribution in [3.63, 3.8) is 0 Å². The molecule has 1 heterocycles. The molecule has 0 aliphatic carbocycles. The Bertz CT molecular complexity index is 712. The van der Waals surface area contributed by atoms with Crippen LogP contribution in [0.4, 0.5) is 0 Å². The van der Waals surface area contributed by atoms with Gasteiger partial charge in [-0.05, 0) is 0 Å². The minimum atomic E-state index is -2.83. The van der Waals surface area contributed by atoms with E-state index in [1.54, 1.807) is 32.1 Å². The van der Waals surface area contributed by atoms with Crippen molar-refractivity contribution in [2.24, 2.45) is 0 Å². The van der Waals surface area contributed by atoms with Crippen LogP contribution in [0.2, 0.25) is 13.3 Å². The Hall–Kier alpha value is -1.50. The second kappa shape index (κ2) is 16.2. The molecule has 0 N–H and O–H groups in total. The summed E-state index contributed by atoms with van der Waals surface area (Å²) in [4.78, 5) is 25.8. The van der Waals surface area contributed by atoms with Crippen molar-refractivity contribution in [2.45, 2.75) is 86.5 Å². The fourth-order valence-electron chi connectivity index (χ4n) is 3.91. The van der Waals surface area contributed by atoms with Crippen LogP contribution in [0.25, 0.3) is 5.57 Å². The van der Waals surface area contributed by atoms with Gasteiger partial charge >= 0.3 is 199 Å². The molecule has 0 aliphatic heterocycles. The Balaban J connectivity index is 3.61. The van der Waals surface area contributed by atoms with E-state index in [-0.39, 0.29) is 18.1 Å². The van der Waals surface area contributed by atoms with Gasteiger partial charge in [-0.2, -0.15) is 0 Å². The zero-order chi connectivity index (χ0) is 23.8. The van der Waals surface area contributed by atoms with Crippen molar-refractivity contribution in [3.05, 3.63) is 39.9 Å². The van der Waals surface area contributed by atoms with E-state index in [1.165, 1.54) is 38.8 Å². The molecule has 0 bridgehead atoms. The molecule has 0 saturated heterocycles. The summed E-state index contributed by atoms with van der Waals surface area (Å²) in [6.07, 6.45) is 10.2. The first-order valence-corrected chi connectivity index (χ1v) is 20.0. The summed E-state index contributed by atoms with van der Waals surface area (Å²) < 4.78 is 22.1. The third kappa shape index (κ3) is 9.55. The predicted octanol–water partition coefficient (Wildman–Crippen LogP) is 7.10. The Morgan fingerprint density at radius 1 is 0.875 bits per heavy atom. The number of carbonyl (C=O) groups is 2. The number of ether oxygens (including phenoxy) is 2. The molecular weight excluding hydrogens is 511 g/mol. The zero-order valence-corrected chi connectivity index (χ0v) is 23.6. The van der Waals surface area contributed by atoms with Gasteiger partial charge in [0.05, 0.1) is 0 Å². The molecule has 0 spiro atoms. The number of unbranched alkanes of at least 4 members (excludes halogenated alkanes) is 3. The van der Waals surface area contributed by atoms with Crippen LogP contribution in [0.15, 0.2) is 38.6 Å². The average Bonchev–Trinajstić information content (AvgIpc) is 3.32. The maximum atomic E-state index is 13.0. The van der Waals surface area contributed by atoms with Crippen LogP contribution in [0.3, 0.4) is 0 Å². The molecule has 0 fully saturated rings. The van der Waals surface area contributed by atoms with Crippen LogP contribution in [-0.4, -0.2) is 43.5 Å². The molecule has 5 nitrogen and oxygen atoms in total. The fraction of sp³-hybridized carbons (Fsp3) is 0.615. The van der Waals surface area contributed by atoms with Crippen molar-refractivity contribution in [2.75, 3.05) is 13.2 Å². The van der Waals surface area contributed by atoms with E-state index >= 15 is 0 Å². The zero-order valence-electron chi connectivity index (χ0n) is 20.7. The summed E-state index contributed by atoms with van der Waals surface area (Å²) in [7, 11) is 0. The SMILES string of the molecule is CCC[CH2][Sn](/[CH]=C(/C=C(/C(=O)OCC)c1ccco1)C(=O)OCC)([CH2]CCC)[CH2]CCC. The van der Waals surface area contributed by atoms with Gasteiger partial charge in [-0.3, -0.25) is 0 Å². The topological polar surface area (TPSA) is 65.7 Å². The van der Waals surface area contributed by atoms with Crippen LogP contribution in [-0.2, 0) is 19.1 Å². The molecule has 1 rings (SSSR count). The summed E-state index contributed by atoms with van der Waals surface area (Å²) >= 11 is -2.83. The summed E-state index contributed by atoms with van der Waals surface area (Å²) in [5.41, 5.74) is 0.753. The maximum absolute atomic E-state index is 13.0. The van der Waals surface area contributed by atoms with Gasteiger partial charge in [0.1, 0.15) is 0 Å². The molecule has 0 atom stereocenters. The van der Waals surface area contributed by atoms with Crippen molar-refractivity contribution < 1.29 is 23.5 Å². The quantitative estimate of drug-likeness (QED) is 0.0946. The van der Waals surface area contributed by atoms with Gasteiger partial charge in [-0.25, -0.2) is 0 Å². The van der Waals surface area contributed by atoms with E-state index in [4.69, 9.17) is 13.9 Å². The molecule has 0 amide bonds. The Morgan fingerprint density at radius 2 is 1.41 bits per heavy atom. The van der Waals surface area contributed by atoms with E-state index in [0.717, 1.165) is 19.3 Å². The van der Waals surface area contributed by atoms with Gasteiger partial charge in [-0.1, -0.05) is 0 Å². The van der Waals surface area contributed by atoms with E-state index in [2.05, 4.69) is 24.9 Å². The first-order valence-electron chi connectivity index (χ1n) is 12.3. The Morgan fingerprint density at radius 3 is 1.84 bits per heavy atom. The van der Waals surface area contributed by atoms with Gasteiger partial charge in [0, 0.05) is 0 Å². The van der Waals surface area contributed by atoms with Crippen LogP contribution in [0.1, 0.15) is 78.9 Å². The number of hydrogen-bond donors (Lipinski definition) is 0. The van der Waals surface area contributed by atoms with Crippen LogP contribution in [0, 0.1) is 0 Å². The van der Waals surface area contributed by atoms with Gasteiger partial charge in [-0.15, -0.1) is 0 Å². The van der Waals surface area contributed by atoms with Gasteiger partial charge < -0.3 is 0 Å². The van der Waals surface area contributed by atoms with Crippen LogP contribution >= 0.6 is 0 Å². The number of furan rings is 1. The number of esters is 2. The summed E-state index contributed by atoms with van der Waals surface area (Å²) in [5.74, 6) is -0.462. The molecule has 0 radical (unpaired) electrons. The van der Waals surface area contributed by atoms with E-state index < -0.39 is 24.3 Å². The second-order valence-corrected chi connectivity index (χ2v) is 21.1. The van der Waals surface area contributed by atoms with Gasteiger partial charge in [0.15, 0.2) is 0 Å². The third-order valence-electron chi connectivity index (χ3n) is 5.64. The first kappa shape index (κ1) is 28.5. The molecule has 6 heteroatoms. The molecule has 0 aromatic carbocycles. The summed E-state index contributed by atoms with van der Waals surface area (Å²) in [6.45, 7) is 10.8. The minimum absolute atomic E-state index is 0.252. The number of hydrogen-bond acceptors (Lipinski definition) is 5. The Labute approximate surface area is 198 Å². The molecular formula is C26H42O5Sn. The van der Waals surface area contributed by atoms with Crippen LogP contribution < -0.4 is 0 Å². The van der Waals surface area contributed by atoms with Crippen molar-refractivity contribution >= 4 is 35.9 Å². The number of rotatable bonds is 16.